The van der Waals surface area contributed by atoms with Crippen LogP contribution >= 0.6 is 0 Å². The summed E-state index contributed by atoms with van der Waals surface area (Å²) in [5.41, 5.74) is 0.976. The Bertz CT molecular complexity index is 631. The van der Waals surface area contributed by atoms with Crippen molar-refractivity contribution in [3.8, 4) is 0 Å². The number of hydrogen-bond donors (Lipinski definition) is 1. The molecule has 1 aliphatic heterocycles. The van der Waals surface area contributed by atoms with Crippen molar-refractivity contribution in [2.45, 2.75) is 25.3 Å². The van der Waals surface area contributed by atoms with Gasteiger partial charge in [-0.1, -0.05) is 6.07 Å². The van der Waals surface area contributed by atoms with Gasteiger partial charge in [0.05, 0.1) is 0 Å². The van der Waals surface area contributed by atoms with Crippen molar-refractivity contribution in [2.75, 3.05) is 6.54 Å². The number of imidazole rings is 1. The van der Waals surface area contributed by atoms with Crippen molar-refractivity contribution in [2.24, 2.45) is 0 Å². The lowest BCUT2D eigenvalue weighted by Gasteiger charge is -2.32. The average molecular weight is 273 g/mol. The molecule has 0 bridgehead atoms. The molecule has 1 saturated heterocycles. The molecule has 2 aromatic heterocycles. The van der Waals surface area contributed by atoms with E-state index in [0.29, 0.717) is 24.3 Å². The number of aromatic nitrogens is 2. The molecule has 0 aromatic carbocycles. The molecule has 2 aromatic rings. The van der Waals surface area contributed by atoms with Crippen LogP contribution in [0.3, 0.4) is 0 Å². The van der Waals surface area contributed by atoms with E-state index in [0.717, 1.165) is 12.8 Å². The average Bonchev–Trinajstić information content (AvgIpc) is 2.90. The first-order valence-corrected chi connectivity index (χ1v) is 6.64. The van der Waals surface area contributed by atoms with Gasteiger partial charge < -0.3 is 14.4 Å². The summed E-state index contributed by atoms with van der Waals surface area (Å²) in [7, 11) is 0. The summed E-state index contributed by atoms with van der Waals surface area (Å²) < 4.78 is 1.76. The Balaban J connectivity index is 1.92. The normalized spacial score (nSPS) is 19.2. The number of carbonyl (C=O) groups is 2. The highest BCUT2D eigenvalue weighted by Gasteiger charge is 2.33. The number of fused-ring (bicyclic) bond motifs is 1. The summed E-state index contributed by atoms with van der Waals surface area (Å²) in [5.74, 6) is -1.25. The molecule has 1 atom stereocenters. The second kappa shape index (κ2) is 4.96. The fourth-order valence-corrected chi connectivity index (χ4v) is 2.62. The second-order valence-corrected chi connectivity index (χ2v) is 4.94. The highest BCUT2D eigenvalue weighted by atomic mass is 16.4. The smallest absolute Gasteiger partial charge is 0.326 e. The van der Waals surface area contributed by atoms with E-state index in [1.54, 1.807) is 10.6 Å². The van der Waals surface area contributed by atoms with Gasteiger partial charge in [0.25, 0.3) is 5.91 Å². The van der Waals surface area contributed by atoms with Gasteiger partial charge in [-0.05, 0) is 31.4 Å². The first-order valence-electron chi connectivity index (χ1n) is 6.64. The molecule has 20 heavy (non-hydrogen) atoms. The molecule has 1 aliphatic rings. The topological polar surface area (TPSA) is 74.9 Å². The predicted octanol–water partition coefficient (Wildman–Crippen LogP) is 1.41. The van der Waals surface area contributed by atoms with Crippen LogP contribution in [0.5, 0.6) is 0 Å². The first-order chi connectivity index (χ1) is 9.66. The largest absolute Gasteiger partial charge is 0.480 e. The van der Waals surface area contributed by atoms with Crippen LogP contribution in [0.4, 0.5) is 0 Å². The van der Waals surface area contributed by atoms with Gasteiger partial charge in [0, 0.05) is 18.9 Å². The quantitative estimate of drug-likeness (QED) is 0.897. The number of carboxylic acids is 1. The molecule has 104 valence electrons. The molecule has 1 N–H and O–H groups in total. The number of carbonyl (C=O) groups excluding carboxylic acids is 1. The number of rotatable bonds is 2. The molecule has 0 spiro atoms. The van der Waals surface area contributed by atoms with Gasteiger partial charge in [-0.3, -0.25) is 4.79 Å². The summed E-state index contributed by atoms with van der Waals surface area (Å²) >= 11 is 0. The van der Waals surface area contributed by atoms with Crippen LogP contribution in [0.2, 0.25) is 0 Å². The highest BCUT2D eigenvalue weighted by molar-refractivity contribution is 5.95. The Labute approximate surface area is 115 Å². The second-order valence-electron chi connectivity index (χ2n) is 4.94. The fraction of sp³-hybridized carbons (Fsp3) is 0.357. The van der Waals surface area contributed by atoms with Crippen molar-refractivity contribution in [3.05, 3.63) is 36.3 Å². The summed E-state index contributed by atoms with van der Waals surface area (Å²) in [6, 6.07) is 4.77. The molecule has 6 heteroatoms. The summed E-state index contributed by atoms with van der Waals surface area (Å²) in [4.78, 5) is 29.4. The zero-order chi connectivity index (χ0) is 14.1. The van der Waals surface area contributed by atoms with E-state index in [1.165, 1.54) is 4.90 Å². The molecule has 1 fully saturated rings. The predicted molar refractivity (Wildman–Crippen MR) is 71.5 cm³/mol. The van der Waals surface area contributed by atoms with Crippen molar-refractivity contribution < 1.29 is 14.7 Å². The number of hydrogen-bond acceptors (Lipinski definition) is 3. The van der Waals surface area contributed by atoms with Gasteiger partial charge in [0.15, 0.2) is 0 Å². The molecule has 0 radical (unpaired) electrons. The molecule has 0 aliphatic carbocycles. The lowest BCUT2D eigenvalue weighted by Crippen LogP contribution is -2.48. The maximum absolute atomic E-state index is 12.5. The van der Waals surface area contributed by atoms with Gasteiger partial charge >= 0.3 is 5.97 Å². The molecule has 6 nitrogen and oxygen atoms in total. The molecule has 0 saturated carbocycles. The van der Waals surface area contributed by atoms with Crippen LogP contribution in [-0.4, -0.2) is 43.9 Å². The van der Waals surface area contributed by atoms with E-state index in [4.69, 9.17) is 0 Å². The van der Waals surface area contributed by atoms with E-state index in [-0.39, 0.29) is 5.91 Å². The lowest BCUT2D eigenvalue weighted by molar-refractivity contribution is -0.143. The minimum absolute atomic E-state index is 0.296. The number of likely N-dealkylation sites (tertiary alicyclic amines) is 1. The molecule has 0 unspecified atom stereocenters. The zero-order valence-corrected chi connectivity index (χ0v) is 10.9. The Morgan fingerprint density at radius 1 is 1.30 bits per heavy atom. The molecule has 3 heterocycles. The van der Waals surface area contributed by atoms with Gasteiger partial charge in [-0.25, -0.2) is 9.78 Å². The third-order valence-corrected chi connectivity index (χ3v) is 3.63. The first kappa shape index (κ1) is 12.7. The van der Waals surface area contributed by atoms with Crippen LogP contribution in [0, 0.1) is 0 Å². The third-order valence-electron chi connectivity index (χ3n) is 3.63. The number of amides is 1. The minimum Gasteiger partial charge on any atom is -0.480 e. The lowest BCUT2D eigenvalue weighted by atomic mass is 10.0. The SMILES string of the molecule is O=C(O)[C@@H]1CCCCN1C(=O)c1cn2ccccc2n1. The third kappa shape index (κ3) is 2.13. The Hall–Kier alpha value is -2.37. The van der Waals surface area contributed by atoms with Crippen LogP contribution in [-0.2, 0) is 4.79 Å². The minimum atomic E-state index is -0.943. The van der Waals surface area contributed by atoms with E-state index in [1.807, 2.05) is 24.4 Å². The fourth-order valence-electron chi connectivity index (χ4n) is 2.62. The molecule has 1 amide bonds. The maximum Gasteiger partial charge on any atom is 0.326 e. The van der Waals surface area contributed by atoms with E-state index in [2.05, 4.69) is 4.98 Å². The zero-order valence-electron chi connectivity index (χ0n) is 10.9. The molecular weight excluding hydrogens is 258 g/mol. The summed E-state index contributed by atoms with van der Waals surface area (Å²) in [5, 5.41) is 9.22. The molecular formula is C14H15N3O3. The van der Waals surface area contributed by atoms with Gasteiger partial charge in [0.1, 0.15) is 17.4 Å². The summed E-state index contributed by atoms with van der Waals surface area (Å²) in [6.45, 7) is 0.476. The van der Waals surface area contributed by atoms with Gasteiger partial charge in [-0.15, -0.1) is 0 Å². The van der Waals surface area contributed by atoms with Crippen molar-refractivity contribution in [1.29, 1.82) is 0 Å². The standard InChI is InChI=1S/C14H15N3O3/c18-13(17-8-4-1-5-11(17)14(19)20)10-9-16-7-3-2-6-12(16)15-10/h2-3,6-7,9,11H,1,4-5,8H2,(H,19,20)/t11-/m0/s1. The Kier molecular flexibility index (Phi) is 3.14. The number of nitrogens with zero attached hydrogens (tertiary/aromatic N) is 3. The van der Waals surface area contributed by atoms with E-state index < -0.39 is 12.0 Å². The number of piperidine rings is 1. The summed E-state index contributed by atoms with van der Waals surface area (Å²) in [6.07, 6.45) is 5.64. The van der Waals surface area contributed by atoms with E-state index >= 15 is 0 Å². The van der Waals surface area contributed by atoms with E-state index in [9.17, 15) is 14.7 Å². The van der Waals surface area contributed by atoms with Crippen LogP contribution in [0.1, 0.15) is 29.8 Å². The maximum atomic E-state index is 12.5. The van der Waals surface area contributed by atoms with Crippen molar-refractivity contribution in [3.63, 3.8) is 0 Å². The van der Waals surface area contributed by atoms with Gasteiger partial charge in [-0.2, -0.15) is 0 Å². The van der Waals surface area contributed by atoms with Gasteiger partial charge in [0.2, 0.25) is 0 Å². The number of pyridine rings is 1. The monoisotopic (exact) mass is 273 g/mol. The number of carboxylic acid groups (broad SMARTS) is 1. The number of aliphatic carboxylic acids is 1. The van der Waals surface area contributed by atoms with Crippen molar-refractivity contribution >= 4 is 17.5 Å². The Morgan fingerprint density at radius 2 is 2.15 bits per heavy atom. The van der Waals surface area contributed by atoms with Crippen molar-refractivity contribution in [1.82, 2.24) is 14.3 Å². The van der Waals surface area contributed by atoms with Crippen LogP contribution in [0.25, 0.3) is 5.65 Å². The highest BCUT2D eigenvalue weighted by Crippen LogP contribution is 2.20. The molecule has 3 rings (SSSR count). The Morgan fingerprint density at radius 3 is 2.90 bits per heavy atom. The van der Waals surface area contributed by atoms with Crippen LogP contribution < -0.4 is 0 Å². The van der Waals surface area contributed by atoms with Crippen LogP contribution in [0.15, 0.2) is 30.6 Å².